The Hall–Kier alpha value is -1.40. The van der Waals surface area contributed by atoms with Gasteiger partial charge in [-0.05, 0) is 19.3 Å². The maximum Gasteiger partial charge on any atom is 0.259 e. The van der Waals surface area contributed by atoms with Crippen LogP contribution in [-0.2, 0) is 11.2 Å². The Labute approximate surface area is 137 Å². The molecule has 3 rings (SSSR count). The first-order chi connectivity index (χ1) is 11.2. The van der Waals surface area contributed by atoms with Gasteiger partial charge in [0.25, 0.3) is 5.91 Å². The molecule has 2 aliphatic rings. The number of ether oxygens (including phenoxy) is 1. The van der Waals surface area contributed by atoms with Crippen molar-refractivity contribution in [3.05, 3.63) is 17.0 Å². The lowest BCUT2D eigenvalue weighted by atomic mass is 9.99. The molecule has 128 valence electrons. The van der Waals surface area contributed by atoms with E-state index < -0.39 is 0 Å². The van der Waals surface area contributed by atoms with Gasteiger partial charge in [0.1, 0.15) is 11.3 Å². The van der Waals surface area contributed by atoms with Crippen molar-refractivity contribution < 1.29 is 14.1 Å². The number of aryl methyl sites for hydroxylation is 2. The molecule has 0 bridgehead atoms. The van der Waals surface area contributed by atoms with Crippen LogP contribution >= 0.6 is 0 Å². The topological polar surface area (TPSA) is 58.8 Å². The predicted octanol–water partition coefficient (Wildman–Crippen LogP) is 1.73. The summed E-state index contributed by atoms with van der Waals surface area (Å²) in [6.07, 6.45) is 1.81. The van der Waals surface area contributed by atoms with E-state index in [1.165, 1.54) is 0 Å². The van der Waals surface area contributed by atoms with Crippen molar-refractivity contribution in [2.75, 3.05) is 39.4 Å². The zero-order valence-electron chi connectivity index (χ0n) is 14.4. The van der Waals surface area contributed by atoms with Crippen LogP contribution in [0, 0.1) is 12.8 Å². The third-order valence-corrected chi connectivity index (χ3v) is 5.21. The molecular weight excluding hydrogens is 294 g/mol. The summed E-state index contributed by atoms with van der Waals surface area (Å²) in [5.74, 6) is 1.24. The molecule has 0 aliphatic carbocycles. The Morgan fingerprint density at radius 3 is 2.65 bits per heavy atom. The second kappa shape index (κ2) is 7.01. The first kappa shape index (κ1) is 16.5. The highest BCUT2D eigenvalue weighted by molar-refractivity contribution is 5.96. The first-order valence-corrected chi connectivity index (χ1v) is 8.71. The van der Waals surface area contributed by atoms with Gasteiger partial charge in [-0.3, -0.25) is 9.69 Å². The number of hydrogen-bond acceptors (Lipinski definition) is 5. The quantitative estimate of drug-likeness (QED) is 0.845. The summed E-state index contributed by atoms with van der Waals surface area (Å²) in [6.45, 7) is 11.2. The number of rotatable bonds is 4. The minimum atomic E-state index is 0.0785. The molecule has 1 aromatic heterocycles. The van der Waals surface area contributed by atoms with Crippen molar-refractivity contribution >= 4 is 5.91 Å². The molecule has 2 fully saturated rings. The lowest BCUT2D eigenvalue weighted by Crippen LogP contribution is -2.47. The third-order valence-electron chi connectivity index (χ3n) is 5.21. The van der Waals surface area contributed by atoms with Gasteiger partial charge in [0.05, 0.1) is 18.9 Å². The molecule has 0 radical (unpaired) electrons. The monoisotopic (exact) mass is 321 g/mol. The standard InChI is InChI=1S/C17H27N3O3/c1-4-13-10-20(11-15(13)19-6-8-22-9-7-19)17(21)16-12(3)23-18-14(16)5-2/h13,15H,4-11H2,1-3H3/t13-,15-/m1/s1. The molecule has 0 unspecified atom stereocenters. The lowest BCUT2D eigenvalue weighted by Gasteiger charge is -2.34. The predicted molar refractivity (Wildman–Crippen MR) is 86.5 cm³/mol. The molecule has 0 N–H and O–H groups in total. The first-order valence-electron chi connectivity index (χ1n) is 8.71. The fraction of sp³-hybridized carbons (Fsp3) is 0.765. The van der Waals surface area contributed by atoms with Crippen LogP contribution in [0.2, 0.25) is 0 Å². The molecule has 1 amide bonds. The molecule has 2 aliphatic heterocycles. The van der Waals surface area contributed by atoms with E-state index in [4.69, 9.17) is 9.26 Å². The number of carbonyl (C=O) groups excluding carboxylic acids is 1. The molecule has 2 atom stereocenters. The molecule has 6 nitrogen and oxygen atoms in total. The normalized spacial score (nSPS) is 26.0. The van der Waals surface area contributed by atoms with E-state index in [9.17, 15) is 4.79 Å². The van der Waals surface area contributed by atoms with Crippen LogP contribution in [0.15, 0.2) is 4.52 Å². The number of amides is 1. The number of hydrogen-bond donors (Lipinski definition) is 0. The van der Waals surface area contributed by atoms with E-state index >= 15 is 0 Å². The van der Waals surface area contributed by atoms with E-state index in [-0.39, 0.29) is 5.91 Å². The average molecular weight is 321 g/mol. The third kappa shape index (κ3) is 3.15. The van der Waals surface area contributed by atoms with Gasteiger partial charge < -0.3 is 14.2 Å². The smallest absolute Gasteiger partial charge is 0.259 e. The van der Waals surface area contributed by atoms with Crippen molar-refractivity contribution in [3.8, 4) is 0 Å². The molecule has 0 spiro atoms. The van der Waals surface area contributed by atoms with Crippen molar-refractivity contribution in [1.82, 2.24) is 15.0 Å². The van der Waals surface area contributed by atoms with Gasteiger partial charge in [-0.25, -0.2) is 0 Å². The van der Waals surface area contributed by atoms with Crippen LogP contribution in [0.5, 0.6) is 0 Å². The fourth-order valence-electron chi connectivity index (χ4n) is 3.84. The van der Waals surface area contributed by atoms with Crippen LogP contribution in [0.3, 0.4) is 0 Å². The van der Waals surface area contributed by atoms with Crippen LogP contribution in [0.4, 0.5) is 0 Å². The van der Waals surface area contributed by atoms with Crippen LogP contribution in [0.1, 0.15) is 42.1 Å². The number of nitrogens with zero attached hydrogens (tertiary/aromatic N) is 3. The summed E-state index contributed by atoms with van der Waals surface area (Å²) in [7, 11) is 0. The Balaban J connectivity index is 1.76. The Morgan fingerprint density at radius 1 is 1.26 bits per heavy atom. The summed E-state index contributed by atoms with van der Waals surface area (Å²) >= 11 is 0. The maximum absolute atomic E-state index is 13.0. The fourth-order valence-corrected chi connectivity index (χ4v) is 3.84. The number of aromatic nitrogens is 1. The van der Waals surface area contributed by atoms with Gasteiger partial charge in [0.15, 0.2) is 0 Å². The Bertz CT molecular complexity index is 551. The van der Waals surface area contributed by atoms with Crippen LogP contribution in [0.25, 0.3) is 0 Å². The second-order valence-electron chi connectivity index (χ2n) is 6.51. The highest BCUT2D eigenvalue weighted by Crippen LogP contribution is 2.28. The Kier molecular flexibility index (Phi) is 5.02. The summed E-state index contributed by atoms with van der Waals surface area (Å²) in [5.41, 5.74) is 1.44. The molecular formula is C17H27N3O3. The molecule has 6 heteroatoms. The minimum Gasteiger partial charge on any atom is -0.379 e. The maximum atomic E-state index is 13.0. The summed E-state index contributed by atoms with van der Waals surface area (Å²) in [5, 5.41) is 4.03. The van der Waals surface area contributed by atoms with Gasteiger partial charge in [-0.2, -0.15) is 0 Å². The van der Waals surface area contributed by atoms with E-state index in [0.29, 0.717) is 23.3 Å². The van der Waals surface area contributed by atoms with Gasteiger partial charge in [0.2, 0.25) is 0 Å². The van der Waals surface area contributed by atoms with Gasteiger partial charge in [0, 0.05) is 32.2 Å². The summed E-state index contributed by atoms with van der Waals surface area (Å²) in [6, 6.07) is 0.443. The highest BCUT2D eigenvalue weighted by atomic mass is 16.5. The Morgan fingerprint density at radius 2 is 2.00 bits per heavy atom. The molecule has 1 aromatic rings. The highest BCUT2D eigenvalue weighted by Gasteiger charge is 2.39. The molecule has 23 heavy (non-hydrogen) atoms. The molecule has 2 saturated heterocycles. The molecule has 0 saturated carbocycles. The van der Waals surface area contributed by atoms with E-state index in [0.717, 1.165) is 57.9 Å². The zero-order chi connectivity index (χ0) is 16.4. The van der Waals surface area contributed by atoms with E-state index in [1.807, 2.05) is 18.7 Å². The van der Waals surface area contributed by atoms with Crippen molar-refractivity contribution in [2.24, 2.45) is 5.92 Å². The lowest BCUT2D eigenvalue weighted by molar-refractivity contribution is 0.0103. The minimum absolute atomic E-state index is 0.0785. The van der Waals surface area contributed by atoms with Gasteiger partial charge in [-0.1, -0.05) is 25.4 Å². The largest absolute Gasteiger partial charge is 0.379 e. The molecule has 3 heterocycles. The van der Waals surface area contributed by atoms with E-state index in [2.05, 4.69) is 17.0 Å². The van der Waals surface area contributed by atoms with Crippen molar-refractivity contribution in [3.63, 3.8) is 0 Å². The number of carbonyl (C=O) groups is 1. The number of likely N-dealkylation sites (tertiary alicyclic amines) is 1. The molecule has 0 aromatic carbocycles. The van der Waals surface area contributed by atoms with Crippen LogP contribution < -0.4 is 0 Å². The summed E-state index contributed by atoms with van der Waals surface area (Å²) in [4.78, 5) is 17.5. The van der Waals surface area contributed by atoms with Gasteiger partial charge in [-0.15, -0.1) is 0 Å². The summed E-state index contributed by atoms with van der Waals surface area (Å²) < 4.78 is 10.7. The van der Waals surface area contributed by atoms with Crippen molar-refractivity contribution in [2.45, 2.75) is 39.7 Å². The average Bonchev–Trinajstić information content (AvgIpc) is 3.18. The van der Waals surface area contributed by atoms with Crippen LogP contribution in [-0.4, -0.2) is 66.3 Å². The second-order valence-corrected chi connectivity index (χ2v) is 6.51. The zero-order valence-corrected chi connectivity index (χ0v) is 14.4. The van der Waals surface area contributed by atoms with Gasteiger partial charge >= 0.3 is 0 Å². The number of morpholine rings is 1. The van der Waals surface area contributed by atoms with E-state index in [1.54, 1.807) is 0 Å². The van der Waals surface area contributed by atoms with Crippen molar-refractivity contribution in [1.29, 1.82) is 0 Å². The SMILES string of the molecule is CCc1noc(C)c1C(=O)N1C[C@@H](CC)[C@H](N2CCOCC2)C1.